The minimum atomic E-state index is -0.287. The zero-order valence-corrected chi connectivity index (χ0v) is 12.0. The average molecular weight is 295 g/mol. The van der Waals surface area contributed by atoms with Gasteiger partial charge in [-0.15, -0.1) is 11.3 Å². The highest BCUT2D eigenvalue weighted by atomic mass is 32.1. The van der Waals surface area contributed by atoms with Gasteiger partial charge < -0.3 is 10.5 Å². The maximum atomic E-state index is 12.1. The molecule has 0 spiro atoms. The smallest absolute Gasteiger partial charge is 0.277 e. The monoisotopic (exact) mass is 295 g/mol. The van der Waals surface area contributed by atoms with Crippen LogP contribution in [0.25, 0.3) is 10.6 Å². The lowest BCUT2D eigenvalue weighted by Gasteiger charge is -2.08. The van der Waals surface area contributed by atoms with E-state index in [1.165, 1.54) is 4.68 Å². The second-order valence-electron chi connectivity index (χ2n) is 3.81. The van der Waals surface area contributed by atoms with E-state index >= 15 is 0 Å². The van der Waals surface area contributed by atoms with Gasteiger partial charge in [0.1, 0.15) is 10.7 Å². The molecule has 2 heterocycles. The molecule has 0 aliphatic heterocycles. The van der Waals surface area contributed by atoms with Gasteiger partial charge in [0.05, 0.1) is 23.6 Å². The van der Waals surface area contributed by atoms with Crippen molar-refractivity contribution in [2.75, 3.05) is 13.7 Å². The van der Waals surface area contributed by atoms with Crippen LogP contribution >= 0.6 is 23.6 Å². The quantitative estimate of drug-likeness (QED) is 0.841. The summed E-state index contributed by atoms with van der Waals surface area (Å²) >= 11 is 6.46. The Labute approximate surface area is 119 Å². The lowest BCUT2D eigenvalue weighted by Crippen LogP contribution is -2.32. The first-order valence-corrected chi connectivity index (χ1v) is 6.87. The molecule has 19 heavy (non-hydrogen) atoms. The highest BCUT2D eigenvalue weighted by molar-refractivity contribution is 7.80. The summed E-state index contributed by atoms with van der Waals surface area (Å²) in [5, 5.41) is 6.26. The molecule has 0 saturated carbocycles. The second kappa shape index (κ2) is 6.05. The molecule has 0 radical (unpaired) electrons. The third-order valence-corrected chi connectivity index (χ3v) is 3.63. The van der Waals surface area contributed by atoms with Crippen molar-refractivity contribution in [2.24, 2.45) is 5.73 Å². The first-order valence-electron chi connectivity index (χ1n) is 5.58. The lowest BCUT2D eigenvalue weighted by atomic mass is 10.2. The molecule has 0 aliphatic carbocycles. The number of nitrogens with two attached hydrogens (primary N) is 1. The minimum Gasteiger partial charge on any atom is -0.389 e. The van der Waals surface area contributed by atoms with Gasteiger partial charge in [0, 0.05) is 7.11 Å². The van der Waals surface area contributed by atoms with Gasteiger partial charge in [-0.25, -0.2) is 4.68 Å². The Kier molecular flexibility index (Phi) is 4.41. The fraction of sp³-hybridized carbons (Fsp3) is 0.250. The normalized spacial score (nSPS) is 10.6. The van der Waals surface area contributed by atoms with Crippen LogP contribution in [0.2, 0.25) is 0 Å². The first-order chi connectivity index (χ1) is 9.13. The van der Waals surface area contributed by atoms with Crippen LogP contribution in [0.4, 0.5) is 0 Å². The van der Waals surface area contributed by atoms with Gasteiger partial charge in [-0.3, -0.25) is 4.79 Å². The van der Waals surface area contributed by atoms with Crippen molar-refractivity contribution in [3.8, 4) is 10.6 Å². The van der Waals surface area contributed by atoms with Crippen molar-refractivity contribution in [1.29, 1.82) is 0 Å². The number of aromatic nitrogens is 2. The van der Waals surface area contributed by atoms with Crippen molar-refractivity contribution in [2.45, 2.75) is 6.54 Å². The van der Waals surface area contributed by atoms with Gasteiger partial charge >= 0.3 is 0 Å². The molecule has 100 valence electrons. The molecule has 5 nitrogen and oxygen atoms in total. The van der Waals surface area contributed by atoms with E-state index in [0.29, 0.717) is 24.4 Å². The molecule has 0 amide bonds. The number of methoxy groups -OCH3 is 1. The third-order valence-electron chi connectivity index (χ3n) is 2.52. The molecule has 2 aromatic rings. The molecular formula is C12H13N3O2S2. The van der Waals surface area contributed by atoms with E-state index in [2.05, 4.69) is 5.10 Å². The Morgan fingerprint density at radius 2 is 2.42 bits per heavy atom. The number of hydrogen-bond acceptors (Lipinski definition) is 5. The molecule has 7 heteroatoms. The van der Waals surface area contributed by atoms with Gasteiger partial charge in [0.15, 0.2) is 0 Å². The molecule has 2 N–H and O–H groups in total. The zero-order valence-electron chi connectivity index (χ0n) is 10.3. The predicted molar refractivity (Wildman–Crippen MR) is 79.6 cm³/mol. The van der Waals surface area contributed by atoms with Crippen LogP contribution in [0, 0.1) is 0 Å². The Hall–Kier alpha value is -1.57. The van der Waals surface area contributed by atoms with E-state index in [0.717, 1.165) is 4.88 Å². The Bertz CT molecular complexity index is 635. The van der Waals surface area contributed by atoms with E-state index in [9.17, 15) is 4.79 Å². The van der Waals surface area contributed by atoms with Gasteiger partial charge in [-0.1, -0.05) is 18.3 Å². The lowest BCUT2D eigenvalue weighted by molar-refractivity contribution is 0.182. The maximum Gasteiger partial charge on any atom is 0.277 e. The fourth-order valence-corrected chi connectivity index (χ4v) is 2.42. The van der Waals surface area contributed by atoms with E-state index in [1.54, 1.807) is 24.5 Å². The van der Waals surface area contributed by atoms with E-state index < -0.39 is 0 Å². The fourth-order valence-electron chi connectivity index (χ4n) is 1.59. The van der Waals surface area contributed by atoms with Crippen LogP contribution in [0.1, 0.15) is 5.56 Å². The SMILES string of the molecule is COCCn1nc(-c2cccs2)cc(C(N)=S)c1=O. The van der Waals surface area contributed by atoms with Crippen LogP contribution in [0.5, 0.6) is 0 Å². The van der Waals surface area contributed by atoms with Crippen LogP contribution in [-0.2, 0) is 11.3 Å². The van der Waals surface area contributed by atoms with Crippen LogP contribution in [-0.4, -0.2) is 28.5 Å². The number of ether oxygens (including phenoxy) is 1. The van der Waals surface area contributed by atoms with Crippen LogP contribution in [0.3, 0.4) is 0 Å². The van der Waals surface area contributed by atoms with Gasteiger partial charge in [-0.2, -0.15) is 5.10 Å². The van der Waals surface area contributed by atoms with Crippen molar-refractivity contribution in [3.63, 3.8) is 0 Å². The minimum absolute atomic E-state index is 0.0800. The Morgan fingerprint density at radius 3 is 3.00 bits per heavy atom. The summed E-state index contributed by atoms with van der Waals surface area (Å²) in [7, 11) is 1.57. The Morgan fingerprint density at radius 1 is 1.63 bits per heavy atom. The molecule has 0 saturated heterocycles. The topological polar surface area (TPSA) is 70.1 Å². The van der Waals surface area contributed by atoms with Crippen LogP contribution < -0.4 is 11.3 Å². The Balaban J connectivity index is 2.54. The van der Waals surface area contributed by atoms with Crippen LogP contribution in [0.15, 0.2) is 28.4 Å². The summed E-state index contributed by atoms with van der Waals surface area (Å²) < 4.78 is 6.31. The number of nitrogens with zero attached hydrogens (tertiary/aromatic N) is 2. The maximum absolute atomic E-state index is 12.1. The second-order valence-corrected chi connectivity index (χ2v) is 5.19. The molecule has 0 aliphatic rings. The molecule has 2 aromatic heterocycles. The highest BCUT2D eigenvalue weighted by Gasteiger charge is 2.12. The number of rotatable bonds is 5. The number of thiophene rings is 1. The summed E-state index contributed by atoms with van der Waals surface area (Å²) in [4.78, 5) is 13.2. The summed E-state index contributed by atoms with van der Waals surface area (Å²) in [5.74, 6) is 0. The number of thiocarbonyl (C=S) groups is 1. The van der Waals surface area contributed by atoms with E-state index in [1.807, 2.05) is 17.5 Å². The highest BCUT2D eigenvalue weighted by Crippen LogP contribution is 2.22. The molecule has 0 unspecified atom stereocenters. The summed E-state index contributed by atoms with van der Waals surface area (Å²) in [6.45, 7) is 0.766. The van der Waals surface area contributed by atoms with Crippen molar-refractivity contribution in [3.05, 3.63) is 39.5 Å². The average Bonchev–Trinajstić information content (AvgIpc) is 2.91. The molecule has 0 atom stereocenters. The number of hydrogen-bond donors (Lipinski definition) is 1. The van der Waals surface area contributed by atoms with Gasteiger partial charge in [0.25, 0.3) is 5.56 Å². The summed E-state index contributed by atoms with van der Waals surface area (Å²) in [5.41, 5.74) is 6.31. The summed E-state index contributed by atoms with van der Waals surface area (Å²) in [6, 6.07) is 5.49. The predicted octanol–water partition coefficient (Wildman–Crippen LogP) is 1.25. The van der Waals surface area contributed by atoms with Crippen molar-refractivity contribution in [1.82, 2.24) is 9.78 Å². The van der Waals surface area contributed by atoms with Crippen molar-refractivity contribution < 1.29 is 4.74 Å². The first kappa shape index (κ1) is 13.9. The van der Waals surface area contributed by atoms with E-state index in [4.69, 9.17) is 22.7 Å². The van der Waals surface area contributed by atoms with Gasteiger partial charge in [0.2, 0.25) is 0 Å². The standard InChI is InChI=1S/C12H13N3O2S2/c1-17-5-4-15-12(16)8(11(13)18)7-9(14-15)10-3-2-6-19-10/h2-3,6-7H,4-5H2,1H3,(H2,13,18). The van der Waals surface area contributed by atoms with Gasteiger partial charge in [-0.05, 0) is 17.5 Å². The third kappa shape index (κ3) is 3.06. The molecular weight excluding hydrogens is 282 g/mol. The zero-order chi connectivity index (χ0) is 13.8. The molecule has 0 aromatic carbocycles. The van der Waals surface area contributed by atoms with E-state index in [-0.39, 0.29) is 10.5 Å². The largest absolute Gasteiger partial charge is 0.389 e. The van der Waals surface area contributed by atoms with Crippen molar-refractivity contribution >= 4 is 28.5 Å². The molecule has 0 fully saturated rings. The summed E-state index contributed by atoms with van der Waals surface area (Å²) in [6.07, 6.45) is 0. The molecule has 2 rings (SSSR count). The molecule has 0 bridgehead atoms.